The van der Waals surface area contributed by atoms with E-state index in [1.165, 1.54) is 0 Å². The van der Waals surface area contributed by atoms with Crippen LogP contribution in [0, 0.1) is 0 Å². The van der Waals surface area contributed by atoms with Gasteiger partial charge >= 0.3 is 0 Å². The van der Waals surface area contributed by atoms with Crippen molar-refractivity contribution in [1.82, 2.24) is 9.55 Å². The maximum absolute atomic E-state index is 5.98. The van der Waals surface area contributed by atoms with Gasteiger partial charge in [-0.1, -0.05) is 12.1 Å². The van der Waals surface area contributed by atoms with Gasteiger partial charge in [0, 0.05) is 25.0 Å². The molecular weight excluding hydrogens is 242 g/mol. The summed E-state index contributed by atoms with van der Waals surface area (Å²) in [4.78, 5) is 3.97. The van der Waals surface area contributed by atoms with E-state index in [0.29, 0.717) is 19.8 Å². The van der Waals surface area contributed by atoms with Crippen molar-refractivity contribution in [3.63, 3.8) is 0 Å². The number of nitrogens with zero attached hydrogens (tertiary/aromatic N) is 2. The van der Waals surface area contributed by atoms with Gasteiger partial charge in [0.2, 0.25) is 0 Å². The lowest BCUT2D eigenvalue weighted by Crippen LogP contribution is -2.30. The average molecular weight is 261 g/mol. The third-order valence-corrected chi connectivity index (χ3v) is 2.76. The van der Waals surface area contributed by atoms with Crippen LogP contribution in [-0.2, 0) is 17.9 Å². The second-order valence-corrected chi connectivity index (χ2v) is 4.38. The zero-order valence-corrected chi connectivity index (χ0v) is 11.0. The third-order valence-electron chi connectivity index (χ3n) is 2.76. The first kappa shape index (κ1) is 13.6. The van der Waals surface area contributed by atoms with Crippen LogP contribution >= 0.6 is 0 Å². The fourth-order valence-electron chi connectivity index (χ4n) is 1.77. The number of rotatable bonds is 7. The highest BCUT2D eigenvalue weighted by Crippen LogP contribution is 2.11. The van der Waals surface area contributed by atoms with Crippen molar-refractivity contribution in [1.29, 1.82) is 0 Å². The number of imidazole rings is 1. The molecule has 0 fully saturated rings. The van der Waals surface area contributed by atoms with Gasteiger partial charge in [-0.05, 0) is 17.7 Å². The Morgan fingerprint density at radius 1 is 1.32 bits per heavy atom. The number of nitrogens with two attached hydrogens (primary N) is 1. The van der Waals surface area contributed by atoms with Crippen molar-refractivity contribution in [2.45, 2.75) is 19.2 Å². The highest BCUT2D eigenvalue weighted by molar-refractivity contribution is 5.26. The van der Waals surface area contributed by atoms with Crippen LogP contribution in [-0.4, -0.2) is 29.3 Å². The molecule has 102 valence electrons. The fraction of sp³-hybridized carbons (Fsp3) is 0.357. The van der Waals surface area contributed by atoms with Crippen molar-refractivity contribution < 1.29 is 9.47 Å². The number of methoxy groups -OCH3 is 1. The van der Waals surface area contributed by atoms with Crippen molar-refractivity contribution in [3.05, 3.63) is 48.5 Å². The summed E-state index contributed by atoms with van der Waals surface area (Å²) in [5.74, 6) is 0.848. The summed E-state index contributed by atoms with van der Waals surface area (Å²) in [5, 5.41) is 0. The van der Waals surface area contributed by atoms with Gasteiger partial charge in [-0.15, -0.1) is 0 Å². The Morgan fingerprint density at radius 3 is 2.74 bits per heavy atom. The monoisotopic (exact) mass is 261 g/mol. The first-order chi connectivity index (χ1) is 9.28. The van der Waals surface area contributed by atoms with Gasteiger partial charge in [-0.2, -0.15) is 0 Å². The van der Waals surface area contributed by atoms with E-state index in [9.17, 15) is 0 Å². The molecule has 5 heteroatoms. The molecule has 2 N–H and O–H groups in total. The van der Waals surface area contributed by atoms with E-state index >= 15 is 0 Å². The SMILES string of the molecule is COc1ccc(COCC(N)Cn2ccnc2)cc1. The van der Waals surface area contributed by atoms with Gasteiger partial charge in [0.1, 0.15) is 5.75 Å². The lowest BCUT2D eigenvalue weighted by atomic mass is 10.2. The van der Waals surface area contributed by atoms with Gasteiger partial charge in [0.15, 0.2) is 0 Å². The Bertz CT molecular complexity index is 468. The molecule has 0 aliphatic heterocycles. The van der Waals surface area contributed by atoms with E-state index in [1.54, 1.807) is 19.6 Å². The molecule has 0 saturated carbocycles. The highest BCUT2D eigenvalue weighted by Gasteiger charge is 2.04. The minimum atomic E-state index is -0.0348. The summed E-state index contributed by atoms with van der Waals surface area (Å²) < 4.78 is 12.7. The summed E-state index contributed by atoms with van der Waals surface area (Å²) in [6.07, 6.45) is 5.39. The summed E-state index contributed by atoms with van der Waals surface area (Å²) in [7, 11) is 1.65. The Balaban J connectivity index is 1.70. The van der Waals surface area contributed by atoms with E-state index in [2.05, 4.69) is 4.98 Å². The molecule has 1 aromatic heterocycles. The topological polar surface area (TPSA) is 62.3 Å². The van der Waals surface area contributed by atoms with Crippen molar-refractivity contribution >= 4 is 0 Å². The van der Waals surface area contributed by atoms with Crippen LogP contribution in [0.3, 0.4) is 0 Å². The van der Waals surface area contributed by atoms with Crippen LogP contribution in [0.4, 0.5) is 0 Å². The predicted octanol–water partition coefficient (Wildman–Crippen LogP) is 1.44. The molecule has 1 atom stereocenters. The Kier molecular flexibility index (Phi) is 4.94. The van der Waals surface area contributed by atoms with Gasteiger partial charge in [-0.25, -0.2) is 4.98 Å². The summed E-state index contributed by atoms with van der Waals surface area (Å²) in [5.41, 5.74) is 7.09. The van der Waals surface area contributed by atoms with E-state index in [1.807, 2.05) is 35.0 Å². The van der Waals surface area contributed by atoms with Gasteiger partial charge < -0.3 is 19.8 Å². The molecule has 19 heavy (non-hydrogen) atoms. The molecule has 0 radical (unpaired) electrons. The smallest absolute Gasteiger partial charge is 0.118 e. The molecule has 0 spiro atoms. The minimum absolute atomic E-state index is 0.0348. The average Bonchev–Trinajstić information content (AvgIpc) is 2.92. The molecule has 0 amide bonds. The molecule has 2 aromatic rings. The summed E-state index contributed by atoms with van der Waals surface area (Å²) >= 11 is 0. The van der Waals surface area contributed by atoms with Crippen LogP contribution in [0.1, 0.15) is 5.56 Å². The molecule has 2 rings (SSSR count). The van der Waals surface area contributed by atoms with Gasteiger partial charge in [0.25, 0.3) is 0 Å². The van der Waals surface area contributed by atoms with Gasteiger partial charge in [-0.3, -0.25) is 0 Å². The first-order valence-electron chi connectivity index (χ1n) is 6.20. The zero-order valence-electron chi connectivity index (χ0n) is 11.0. The van der Waals surface area contributed by atoms with Crippen LogP contribution in [0.5, 0.6) is 5.75 Å². The maximum atomic E-state index is 5.98. The second-order valence-electron chi connectivity index (χ2n) is 4.38. The Labute approximate surface area is 113 Å². The van der Waals surface area contributed by atoms with Crippen molar-refractivity contribution in [3.8, 4) is 5.75 Å². The zero-order chi connectivity index (χ0) is 13.5. The lowest BCUT2D eigenvalue weighted by molar-refractivity contribution is 0.104. The van der Waals surface area contributed by atoms with Crippen LogP contribution < -0.4 is 10.5 Å². The predicted molar refractivity (Wildman–Crippen MR) is 72.9 cm³/mol. The summed E-state index contributed by atoms with van der Waals surface area (Å²) in [6, 6.07) is 7.78. The molecule has 0 aliphatic rings. The Morgan fingerprint density at radius 2 is 2.11 bits per heavy atom. The van der Waals surface area contributed by atoms with Crippen molar-refractivity contribution in [2.75, 3.05) is 13.7 Å². The van der Waals surface area contributed by atoms with Crippen LogP contribution in [0.15, 0.2) is 43.0 Å². The molecule has 0 saturated heterocycles. The molecular formula is C14H19N3O2. The van der Waals surface area contributed by atoms with E-state index < -0.39 is 0 Å². The third kappa shape index (κ3) is 4.39. The molecule has 1 aromatic carbocycles. The largest absolute Gasteiger partial charge is 0.497 e. The van der Waals surface area contributed by atoms with Gasteiger partial charge in [0.05, 0.1) is 26.7 Å². The fourth-order valence-corrected chi connectivity index (χ4v) is 1.77. The standard InChI is InChI=1S/C14H19N3O2/c1-18-14-4-2-12(3-5-14)9-19-10-13(15)8-17-7-6-16-11-17/h2-7,11,13H,8-10,15H2,1H3. The number of hydrogen-bond acceptors (Lipinski definition) is 4. The molecule has 1 heterocycles. The molecule has 0 aliphatic carbocycles. The number of aromatic nitrogens is 2. The molecule has 1 unspecified atom stereocenters. The number of ether oxygens (including phenoxy) is 2. The normalized spacial score (nSPS) is 12.3. The second kappa shape index (κ2) is 6.92. The maximum Gasteiger partial charge on any atom is 0.118 e. The number of hydrogen-bond donors (Lipinski definition) is 1. The molecule has 5 nitrogen and oxygen atoms in total. The van der Waals surface area contributed by atoms with Crippen LogP contribution in [0.2, 0.25) is 0 Å². The quantitative estimate of drug-likeness (QED) is 0.819. The Hall–Kier alpha value is -1.85. The lowest BCUT2D eigenvalue weighted by Gasteiger charge is -2.12. The van der Waals surface area contributed by atoms with E-state index in [-0.39, 0.29) is 6.04 Å². The number of benzene rings is 1. The summed E-state index contributed by atoms with van der Waals surface area (Å²) in [6.45, 7) is 1.79. The molecule has 0 bridgehead atoms. The van der Waals surface area contributed by atoms with Crippen molar-refractivity contribution in [2.24, 2.45) is 5.73 Å². The van der Waals surface area contributed by atoms with E-state index in [4.69, 9.17) is 15.2 Å². The first-order valence-corrected chi connectivity index (χ1v) is 6.20. The highest BCUT2D eigenvalue weighted by atomic mass is 16.5. The van der Waals surface area contributed by atoms with E-state index in [0.717, 1.165) is 11.3 Å². The minimum Gasteiger partial charge on any atom is -0.497 e. The van der Waals surface area contributed by atoms with Crippen LogP contribution in [0.25, 0.3) is 0 Å².